The standard InChI is InChI=1S/C14H18N2S2/c1-8-4-7-12(17-8)13(16-11-5-6-11)14-15-9(2)10(3)18-14/h4,7,11,13,16H,5-6H2,1-3H3. The van der Waals surface area contributed by atoms with Crippen molar-refractivity contribution in [1.29, 1.82) is 0 Å². The van der Waals surface area contributed by atoms with Crippen molar-refractivity contribution < 1.29 is 0 Å². The third-order valence-electron chi connectivity index (χ3n) is 3.32. The Labute approximate surface area is 116 Å². The van der Waals surface area contributed by atoms with Gasteiger partial charge in [-0.05, 0) is 45.7 Å². The highest BCUT2D eigenvalue weighted by Crippen LogP contribution is 2.34. The Morgan fingerprint density at radius 3 is 2.50 bits per heavy atom. The maximum Gasteiger partial charge on any atom is 0.115 e. The minimum atomic E-state index is 0.300. The summed E-state index contributed by atoms with van der Waals surface area (Å²) < 4.78 is 0. The molecule has 0 radical (unpaired) electrons. The Bertz CT molecular complexity index is 532. The van der Waals surface area contributed by atoms with E-state index >= 15 is 0 Å². The van der Waals surface area contributed by atoms with Gasteiger partial charge in [0.1, 0.15) is 5.01 Å². The van der Waals surface area contributed by atoms with E-state index in [0.717, 1.165) is 0 Å². The Morgan fingerprint density at radius 1 is 1.22 bits per heavy atom. The third kappa shape index (κ3) is 2.51. The third-order valence-corrected chi connectivity index (χ3v) is 5.52. The van der Waals surface area contributed by atoms with Crippen LogP contribution in [0.25, 0.3) is 0 Å². The molecule has 1 aliphatic rings. The Hall–Kier alpha value is -0.710. The van der Waals surface area contributed by atoms with Crippen molar-refractivity contribution in [2.24, 2.45) is 0 Å². The molecule has 18 heavy (non-hydrogen) atoms. The molecule has 96 valence electrons. The van der Waals surface area contributed by atoms with Crippen LogP contribution in [-0.4, -0.2) is 11.0 Å². The van der Waals surface area contributed by atoms with Crippen molar-refractivity contribution in [2.45, 2.75) is 45.7 Å². The number of nitrogens with zero attached hydrogens (tertiary/aromatic N) is 1. The lowest BCUT2D eigenvalue weighted by molar-refractivity contribution is 0.605. The molecule has 0 amide bonds. The first kappa shape index (κ1) is 12.3. The van der Waals surface area contributed by atoms with Gasteiger partial charge < -0.3 is 5.32 Å². The van der Waals surface area contributed by atoms with Crippen LogP contribution in [0, 0.1) is 20.8 Å². The van der Waals surface area contributed by atoms with Crippen molar-refractivity contribution in [3.63, 3.8) is 0 Å². The van der Waals surface area contributed by atoms with Gasteiger partial charge in [-0.2, -0.15) is 0 Å². The normalized spacial score (nSPS) is 17.1. The molecule has 1 saturated carbocycles. The molecular formula is C14H18N2S2. The van der Waals surface area contributed by atoms with Crippen molar-refractivity contribution >= 4 is 22.7 Å². The molecule has 3 rings (SSSR count). The number of thiazole rings is 1. The predicted molar refractivity (Wildman–Crippen MR) is 78.6 cm³/mol. The topological polar surface area (TPSA) is 24.9 Å². The van der Waals surface area contributed by atoms with Crippen molar-refractivity contribution in [3.05, 3.63) is 37.5 Å². The summed E-state index contributed by atoms with van der Waals surface area (Å²) in [4.78, 5) is 8.84. The smallest absolute Gasteiger partial charge is 0.115 e. The largest absolute Gasteiger partial charge is 0.301 e. The van der Waals surface area contributed by atoms with Crippen LogP contribution in [0.15, 0.2) is 12.1 Å². The van der Waals surface area contributed by atoms with E-state index in [1.807, 2.05) is 22.7 Å². The summed E-state index contributed by atoms with van der Waals surface area (Å²) in [5, 5.41) is 4.96. The summed E-state index contributed by atoms with van der Waals surface area (Å²) in [6, 6.07) is 5.44. The van der Waals surface area contributed by atoms with E-state index in [4.69, 9.17) is 4.98 Å². The number of thiophene rings is 1. The number of aromatic nitrogens is 1. The SMILES string of the molecule is Cc1ccc(C(NC2CC2)c2nc(C)c(C)s2)s1. The zero-order valence-electron chi connectivity index (χ0n) is 11.0. The van der Waals surface area contributed by atoms with E-state index in [0.29, 0.717) is 12.1 Å². The number of hydrogen-bond donors (Lipinski definition) is 1. The molecule has 1 N–H and O–H groups in total. The maximum absolute atomic E-state index is 4.74. The summed E-state index contributed by atoms with van der Waals surface area (Å²) in [5.74, 6) is 0. The summed E-state index contributed by atoms with van der Waals surface area (Å²) in [7, 11) is 0. The summed E-state index contributed by atoms with van der Waals surface area (Å²) in [6.45, 7) is 6.42. The van der Waals surface area contributed by atoms with Crippen LogP contribution >= 0.6 is 22.7 Å². The molecule has 0 saturated heterocycles. The second kappa shape index (κ2) is 4.76. The van der Waals surface area contributed by atoms with E-state index in [-0.39, 0.29) is 0 Å². The molecule has 2 aromatic heterocycles. The van der Waals surface area contributed by atoms with E-state index in [2.05, 4.69) is 38.2 Å². The van der Waals surface area contributed by atoms with E-state index < -0.39 is 0 Å². The molecular weight excluding hydrogens is 260 g/mol. The highest BCUT2D eigenvalue weighted by atomic mass is 32.1. The van der Waals surface area contributed by atoms with E-state index in [1.54, 1.807) is 0 Å². The van der Waals surface area contributed by atoms with Gasteiger partial charge in [-0.25, -0.2) is 4.98 Å². The number of aryl methyl sites for hydroxylation is 3. The number of nitrogens with one attached hydrogen (secondary N) is 1. The minimum absolute atomic E-state index is 0.300. The molecule has 1 fully saturated rings. The quantitative estimate of drug-likeness (QED) is 0.915. The van der Waals surface area contributed by atoms with Gasteiger partial charge in [0.15, 0.2) is 0 Å². The van der Waals surface area contributed by atoms with Gasteiger partial charge in [0.25, 0.3) is 0 Å². The first-order valence-electron chi connectivity index (χ1n) is 6.40. The number of rotatable bonds is 4. The van der Waals surface area contributed by atoms with Crippen LogP contribution in [0.5, 0.6) is 0 Å². The molecule has 0 bridgehead atoms. The highest BCUT2D eigenvalue weighted by molar-refractivity contribution is 7.13. The Balaban J connectivity index is 1.93. The summed E-state index contributed by atoms with van der Waals surface area (Å²) in [6.07, 6.45) is 2.62. The predicted octanol–water partition coefficient (Wildman–Crippen LogP) is 3.97. The lowest BCUT2D eigenvalue weighted by Gasteiger charge is -2.14. The molecule has 2 heterocycles. The first-order chi connectivity index (χ1) is 8.63. The molecule has 0 spiro atoms. The van der Waals surface area contributed by atoms with E-state index in [1.165, 1.54) is 38.2 Å². The molecule has 1 aliphatic carbocycles. The van der Waals surface area contributed by atoms with Crippen LogP contribution in [0.2, 0.25) is 0 Å². The first-order valence-corrected chi connectivity index (χ1v) is 8.03. The fourth-order valence-corrected chi connectivity index (χ4v) is 4.01. The van der Waals surface area contributed by atoms with Crippen LogP contribution in [0.4, 0.5) is 0 Å². The van der Waals surface area contributed by atoms with E-state index in [9.17, 15) is 0 Å². The Kier molecular flexibility index (Phi) is 3.26. The van der Waals surface area contributed by atoms with Gasteiger partial charge in [0.2, 0.25) is 0 Å². The monoisotopic (exact) mass is 278 g/mol. The van der Waals surface area contributed by atoms with Gasteiger partial charge in [0, 0.05) is 20.7 Å². The maximum atomic E-state index is 4.74. The average molecular weight is 278 g/mol. The van der Waals surface area contributed by atoms with Gasteiger partial charge in [-0.15, -0.1) is 22.7 Å². The molecule has 0 aliphatic heterocycles. The lowest BCUT2D eigenvalue weighted by Crippen LogP contribution is -2.23. The van der Waals surface area contributed by atoms with Crippen molar-refractivity contribution in [1.82, 2.24) is 10.3 Å². The molecule has 2 aromatic rings. The van der Waals surface area contributed by atoms with Crippen molar-refractivity contribution in [2.75, 3.05) is 0 Å². The fraction of sp³-hybridized carbons (Fsp3) is 0.500. The average Bonchev–Trinajstić information content (AvgIpc) is 2.96. The zero-order chi connectivity index (χ0) is 12.7. The fourth-order valence-electron chi connectivity index (χ4n) is 1.99. The second-order valence-electron chi connectivity index (χ2n) is 5.02. The summed E-state index contributed by atoms with van der Waals surface area (Å²) in [5.41, 5.74) is 1.17. The molecule has 4 heteroatoms. The number of hydrogen-bond acceptors (Lipinski definition) is 4. The zero-order valence-corrected chi connectivity index (χ0v) is 12.6. The molecule has 0 aromatic carbocycles. The molecule has 1 atom stereocenters. The minimum Gasteiger partial charge on any atom is -0.301 e. The summed E-state index contributed by atoms with van der Waals surface area (Å²) >= 11 is 3.71. The van der Waals surface area contributed by atoms with Crippen LogP contribution in [0.1, 0.15) is 44.2 Å². The van der Waals surface area contributed by atoms with Crippen LogP contribution < -0.4 is 5.32 Å². The second-order valence-corrected chi connectivity index (χ2v) is 7.57. The van der Waals surface area contributed by atoms with Gasteiger partial charge in [-0.1, -0.05) is 0 Å². The van der Waals surface area contributed by atoms with Crippen molar-refractivity contribution in [3.8, 4) is 0 Å². The highest BCUT2D eigenvalue weighted by Gasteiger charge is 2.28. The molecule has 2 nitrogen and oxygen atoms in total. The van der Waals surface area contributed by atoms with Gasteiger partial charge in [0.05, 0.1) is 11.7 Å². The molecule has 1 unspecified atom stereocenters. The lowest BCUT2D eigenvalue weighted by atomic mass is 10.2. The van der Waals surface area contributed by atoms with Crippen LogP contribution in [0.3, 0.4) is 0 Å². The van der Waals surface area contributed by atoms with Gasteiger partial charge in [-0.3, -0.25) is 0 Å². The van der Waals surface area contributed by atoms with Gasteiger partial charge >= 0.3 is 0 Å². The van der Waals surface area contributed by atoms with Crippen LogP contribution in [-0.2, 0) is 0 Å². The Morgan fingerprint density at radius 2 is 2.00 bits per heavy atom.